The Labute approximate surface area is 144 Å². The van der Waals surface area contributed by atoms with Gasteiger partial charge in [-0.1, -0.05) is 25.1 Å². The molecule has 0 aliphatic rings. The number of carbonyl (C=O) groups excluding carboxylic acids is 2. The maximum Gasteiger partial charge on any atom is 0.307 e. The van der Waals surface area contributed by atoms with Crippen LogP contribution in [0.15, 0.2) is 18.2 Å². The number of amides is 1. The second kappa shape index (κ2) is 9.96. The van der Waals surface area contributed by atoms with E-state index in [1.165, 1.54) is 0 Å². The van der Waals surface area contributed by atoms with E-state index in [0.717, 1.165) is 23.3 Å². The summed E-state index contributed by atoms with van der Waals surface area (Å²) in [6.07, 6.45) is 1.02. The zero-order chi connectivity index (χ0) is 18.1. The molecule has 5 heteroatoms. The average molecular weight is 335 g/mol. The number of nitrogens with zero attached hydrogens (tertiary/aromatic N) is 1. The molecule has 0 fully saturated rings. The fraction of sp³-hybridized carbons (Fsp3) is 0.579. The number of carbonyl (C=O) groups is 2. The minimum Gasteiger partial charge on any atom is -0.483 e. The fourth-order valence-electron chi connectivity index (χ4n) is 2.50. The molecule has 0 heterocycles. The number of ether oxygens (including phenoxy) is 2. The number of para-hydroxylation sites is 1. The maximum absolute atomic E-state index is 12.6. The molecule has 0 saturated carbocycles. The molecule has 0 bridgehead atoms. The summed E-state index contributed by atoms with van der Waals surface area (Å²) in [5.74, 6) is 0.353. The summed E-state index contributed by atoms with van der Waals surface area (Å²) in [6, 6.07) is 5.93. The van der Waals surface area contributed by atoms with Gasteiger partial charge in [-0.25, -0.2) is 0 Å². The van der Waals surface area contributed by atoms with Gasteiger partial charge >= 0.3 is 5.97 Å². The highest BCUT2D eigenvalue weighted by molar-refractivity contribution is 5.79. The van der Waals surface area contributed by atoms with E-state index >= 15 is 0 Å². The van der Waals surface area contributed by atoms with Crippen molar-refractivity contribution in [3.8, 4) is 5.75 Å². The molecule has 1 unspecified atom stereocenters. The highest BCUT2D eigenvalue weighted by Crippen LogP contribution is 2.22. The van der Waals surface area contributed by atoms with Crippen molar-refractivity contribution in [3.63, 3.8) is 0 Å². The van der Waals surface area contributed by atoms with Gasteiger partial charge in [0.25, 0.3) is 5.91 Å². The van der Waals surface area contributed by atoms with Gasteiger partial charge in [-0.15, -0.1) is 0 Å². The first-order valence-electron chi connectivity index (χ1n) is 8.54. The topological polar surface area (TPSA) is 55.8 Å². The number of esters is 1. The Morgan fingerprint density at radius 3 is 2.33 bits per heavy atom. The van der Waals surface area contributed by atoms with Gasteiger partial charge in [0, 0.05) is 12.6 Å². The third-order valence-electron chi connectivity index (χ3n) is 4.05. The summed E-state index contributed by atoms with van der Waals surface area (Å²) in [4.78, 5) is 25.8. The van der Waals surface area contributed by atoms with Crippen LogP contribution < -0.4 is 4.74 Å². The van der Waals surface area contributed by atoms with E-state index in [-0.39, 0.29) is 30.9 Å². The molecule has 134 valence electrons. The van der Waals surface area contributed by atoms with Crippen LogP contribution in [-0.2, 0) is 14.3 Å². The fourth-order valence-corrected chi connectivity index (χ4v) is 2.50. The van der Waals surface area contributed by atoms with Crippen LogP contribution in [0.4, 0.5) is 0 Å². The van der Waals surface area contributed by atoms with Gasteiger partial charge in [0.05, 0.1) is 13.0 Å². The molecule has 0 saturated heterocycles. The second-order valence-corrected chi connectivity index (χ2v) is 5.91. The Balaban J connectivity index is 2.69. The maximum atomic E-state index is 12.6. The zero-order valence-electron chi connectivity index (χ0n) is 15.4. The predicted octanol–water partition coefficient (Wildman–Crippen LogP) is 3.26. The highest BCUT2D eigenvalue weighted by atomic mass is 16.5. The lowest BCUT2D eigenvalue weighted by Crippen LogP contribution is -2.42. The molecule has 1 amide bonds. The first kappa shape index (κ1) is 20.0. The summed E-state index contributed by atoms with van der Waals surface area (Å²) in [5, 5.41) is 0. The van der Waals surface area contributed by atoms with Gasteiger partial charge in [0.1, 0.15) is 5.75 Å². The van der Waals surface area contributed by atoms with Gasteiger partial charge in [-0.2, -0.15) is 0 Å². The third kappa shape index (κ3) is 5.87. The Morgan fingerprint density at radius 1 is 1.17 bits per heavy atom. The van der Waals surface area contributed by atoms with E-state index in [9.17, 15) is 9.59 Å². The molecule has 0 spiro atoms. The van der Waals surface area contributed by atoms with Crippen molar-refractivity contribution in [2.75, 3.05) is 19.8 Å². The van der Waals surface area contributed by atoms with Crippen LogP contribution >= 0.6 is 0 Å². The molecule has 1 aromatic carbocycles. The minimum absolute atomic E-state index is 0.0289. The Bertz CT molecular complexity index is 536. The van der Waals surface area contributed by atoms with Crippen molar-refractivity contribution >= 4 is 11.9 Å². The molecule has 0 aliphatic carbocycles. The minimum atomic E-state index is -0.283. The van der Waals surface area contributed by atoms with Crippen LogP contribution in [0.3, 0.4) is 0 Å². The van der Waals surface area contributed by atoms with Crippen LogP contribution in [-0.4, -0.2) is 42.6 Å². The summed E-state index contributed by atoms with van der Waals surface area (Å²) in [7, 11) is 0. The molecule has 1 atom stereocenters. The zero-order valence-corrected chi connectivity index (χ0v) is 15.4. The first-order valence-corrected chi connectivity index (χ1v) is 8.54. The smallest absolute Gasteiger partial charge is 0.307 e. The second-order valence-electron chi connectivity index (χ2n) is 5.91. The molecule has 24 heavy (non-hydrogen) atoms. The third-order valence-corrected chi connectivity index (χ3v) is 4.05. The van der Waals surface area contributed by atoms with Crippen molar-refractivity contribution in [2.24, 2.45) is 0 Å². The lowest BCUT2D eigenvalue weighted by Gasteiger charge is -2.28. The van der Waals surface area contributed by atoms with Crippen LogP contribution in [0.25, 0.3) is 0 Å². The molecule has 0 aromatic heterocycles. The Hall–Kier alpha value is -2.04. The van der Waals surface area contributed by atoms with Crippen LogP contribution in [0.2, 0.25) is 0 Å². The van der Waals surface area contributed by atoms with E-state index < -0.39 is 0 Å². The number of hydrogen-bond acceptors (Lipinski definition) is 4. The molecule has 5 nitrogen and oxygen atoms in total. The lowest BCUT2D eigenvalue weighted by atomic mass is 10.1. The molecule has 0 radical (unpaired) electrons. The summed E-state index contributed by atoms with van der Waals surface area (Å²) < 4.78 is 10.7. The van der Waals surface area contributed by atoms with Gasteiger partial charge in [-0.3, -0.25) is 9.59 Å². The normalized spacial score (nSPS) is 11.7. The largest absolute Gasteiger partial charge is 0.483 e. The number of benzene rings is 1. The average Bonchev–Trinajstić information content (AvgIpc) is 2.54. The van der Waals surface area contributed by atoms with Crippen molar-refractivity contribution < 1.29 is 19.1 Å². The van der Waals surface area contributed by atoms with Crippen molar-refractivity contribution in [1.29, 1.82) is 0 Å². The van der Waals surface area contributed by atoms with Crippen molar-refractivity contribution in [1.82, 2.24) is 4.90 Å². The monoisotopic (exact) mass is 335 g/mol. The lowest BCUT2D eigenvalue weighted by molar-refractivity contribution is -0.144. The summed E-state index contributed by atoms with van der Waals surface area (Å²) in [5.41, 5.74) is 2.01. The molecule has 0 N–H and O–H groups in total. The van der Waals surface area contributed by atoms with E-state index in [1.807, 2.05) is 45.9 Å². The van der Waals surface area contributed by atoms with Crippen LogP contribution in [0, 0.1) is 13.8 Å². The van der Waals surface area contributed by atoms with Gasteiger partial charge in [-0.05, 0) is 45.2 Å². The van der Waals surface area contributed by atoms with Crippen LogP contribution in [0.5, 0.6) is 5.75 Å². The van der Waals surface area contributed by atoms with Gasteiger partial charge < -0.3 is 14.4 Å². The number of rotatable bonds is 9. The SMILES string of the molecule is CCOC(=O)CCN(C(=O)COc1c(C)cccc1C)C(C)CC. The molecule has 1 rings (SSSR count). The first-order chi connectivity index (χ1) is 11.4. The van der Waals surface area contributed by atoms with Crippen molar-refractivity contribution in [2.45, 2.75) is 53.5 Å². The standard InChI is InChI=1S/C19H29NO4/c1-6-16(5)20(12-11-18(22)23-7-2)17(21)13-24-19-14(3)9-8-10-15(19)4/h8-10,16H,6-7,11-13H2,1-5H3. The van der Waals surface area contributed by atoms with E-state index in [0.29, 0.717) is 13.2 Å². The quantitative estimate of drug-likeness (QED) is 0.650. The summed E-state index contributed by atoms with van der Waals surface area (Å²) in [6.45, 7) is 10.4. The molecule has 0 aliphatic heterocycles. The highest BCUT2D eigenvalue weighted by Gasteiger charge is 2.21. The van der Waals surface area contributed by atoms with E-state index in [4.69, 9.17) is 9.47 Å². The van der Waals surface area contributed by atoms with E-state index in [1.54, 1.807) is 11.8 Å². The Morgan fingerprint density at radius 2 is 1.79 bits per heavy atom. The molecular formula is C19H29NO4. The predicted molar refractivity (Wildman–Crippen MR) is 94.1 cm³/mol. The van der Waals surface area contributed by atoms with Gasteiger partial charge in [0.2, 0.25) is 0 Å². The Kier molecular flexibility index (Phi) is 8.30. The summed E-state index contributed by atoms with van der Waals surface area (Å²) >= 11 is 0. The van der Waals surface area contributed by atoms with E-state index in [2.05, 4.69) is 0 Å². The van der Waals surface area contributed by atoms with Crippen molar-refractivity contribution in [3.05, 3.63) is 29.3 Å². The van der Waals surface area contributed by atoms with Crippen LogP contribution in [0.1, 0.15) is 44.7 Å². The molecule has 1 aromatic rings. The molecular weight excluding hydrogens is 306 g/mol. The van der Waals surface area contributed by atoms with Gasteiger partial charge in [0.15, 0.2) is 6.61 Å². The number of aryl methyl sites for hydroxylation is 2. The number of hydrogen-bond donors (Lipinski definition) is 0.